The molecule has 0 amide bonds. The van der Waals surface area contributed by atoms with E-state index in [2.05, 4.69) is 15.1 Å². The highest BCUT2D eigenvalue weighted by molar-refractivity contribution is 7.90. The number of benzene rings is 1. The second-order valence-corrected chi connectivity index (χ2v) is 7.83. The summed E-state index contributed by atoms with van der Waals surface area (Å²) in [4.78, 5) is 10.9. The lowest BCUT2D eigenvalue weighted by molar-refractivity contribution is 0.261. The molecule has 1 aromatic carbocycles. The molecule has 0 unspecified atom stereocenters. The summed E-state index contributed by atoms with van der Waals surface area (Å²) in [5.74, 6) is 0.956. The van der Waals surface area contributed by atoms with Crippen molar-refractivity contribution in [3.8, 4) is 11.5 Å². The molecule has 3 rings (SSSR count). The Kier molecular flexibility index (Phi) is 4.91. The SMILES string of the molecule is CN(Cc1ccc(S(C)(=O)=O)cc1)Cc1nc(-c2ccccn2)no1. The summed E-state index contributed by atoms with van der Waals surface area (Å²) < 4.78 is 28.2. The fourth-order valence-corrected chi connectivity index (χ4v) is 2.99. The Hall–Kier alpha value is -2.58. The van der Waals surface area contributed by atoms with Crippen molar-refractivity contribution >= 4 is 9.84 Å². The minimum atomic E-state index is -3.17. The molecule has 130 valence electrons. The highest BCUT2D eigenvalue weighted by Crippen LogP contribution is 2.15. The molecule has 0 aliphatic rings. The van der Waals surface area contributed by atoms with E-state index >= 15 is 0 Å². The Morgan fingerprint density at radius 1 is 1.08 bits per heavy atom. The van der Waals surface area contributed by atoms with Crippen LogP contribution >= 0.6 is 0 Å². The first-order valence-electron chi connectivity index (χ1n) is 7.63. The van der Waals surface area contributed by atoms with Crippen molar-refractivity contribution in [2.24, 2.45) is 0 Å². The zero-order valence-electron chi connectivity index (χ0n) is 14.0. The van der Waals surface area contributed by atoms with E-state index in [1.54, 1.807) is 30.5 Å². The summed E-state index contributed by atoms with van der Waals surface area (Å²) in [5.41, 5.74) is 1.66. The molecule has 0 N–H and O–H groups in total. The highest BCUT2D eigenvalue weighted by atomic mass is 32.2. The van der Waals surface area contributed by atoms with Crippen LogP contribution in [-0.4, -0.2) is 41.7 Å². The van der Waals surface area contributed by atoms with E-state index in [4.69, 9.17) is 4.52 Å². The lowest BCUT2D eigenvalue weighted by Crippen LogP contribution is -2.17. The molecule has 0 atom stereocenters. The summed E-state index contributed by atoms with van der Waals surface area (Å²) in [6.45, 7) is 1.11. The normalized spacial score (nSPS) is 11.8. The Bertz CT molecular complexity index is 938. The molecule has 25 heavy (non-hydrogen) atoms. The van der Waals surface area contributed by atoms with Crippen molar-refractivity contribution in [3.63, 3.8) is 0 Å². The number of nitrogens with zero attached hydrogens (tertiary/aromatic N) is 4. The summed E-state index contributed by atoms with van der Waals surface area (Å²) in [6, 6.07) is 12.4. The quantitative estimate of drug-likeness (QED) is 0.667. The fourth-order valence-electron chi connectivity index (χ4n) is 2.36. The molecule has 7 nitrogen and oxygen atoms in total. The van der Waals surface area contributed by atoms with E-state index in [9.17, 15) is 8.42 Å². The van der Waals surface area contributed by atoms with Gasteiger partial charge in [-0.2, -0.15) is 4.98 Å². The maximum atomic E-state index is 11.5. The molecule has 2 aromatic heterocycles. The summed E-state index contributed by atoms with van der Waals surface area (Å²) in [5, 5.41) is 3.94. The molecule has 3 aromatic rings. The zero-order chi connectivity index (χ0) is 17.9. The van der Waals surface area contributed by atoms with Crippen LogP contribution in [0.3, 0.4) is 0 Å². The number of aromatic nitrogens is 3. The summed E-state index contributed by atoms with van der Waals surface area (Å²) >= 11 is 0. The van der Waals surface area contributed by atoms with Crippen molar-refractivity contribution in [2.45, 2.75) is 18.0 Å². The Labute approximate surface area is 146 Å². The number of hydrogen-bond donors (Lipinski definition) is 0. The third kappa shape index (κ3) is 4.49. The molecule has 0 radical (unpaired) electrons. The second kappa shape index (κ2) is 7.12. The van der Waals surface area contributed by atoms with Gasteiger partial charge in [0, 0.05) is 19.0 Å². The van der Waals surface area contributed by atoms with Gasteiger partial charge in [0.15, 0.2) is 9.84 Å². The first-order chi connectivity index (χ1) is 11.9. The van der Waals surface area contributed by atoms with E-state index in [-0.39, 0.29) is 0 Å². The lowest BCUT2D eigenvalue weighted by Gasteiger charge is -2.14. The molecule has 8 heteroatoms. The van der Waals surface area contributed by atoms with Crippen LogP contribution < -0.4 is 0 Å². The van der Waals surface area contributed by atoms with Crippen LogP contribution in [0.15, 0.2) is 58.1 Å². The van der Waals surface area contributed by atoms with Gasteiger partial charge >= 0.3 is 0 Å². The number of pyridine rings is 1. The van der Waals surface area contributed by atoms with E-state index in [1.807, 2.05) is 30.1 Å². The topological polar surface area (TPSA) is 89.2 Å². The number of hydrogen-bond acceptors (Lipinski definition) is 7. The minimum absolute atomic E-state index is 0.316. The van der Waals surface area contributed by atoms with Crippen LogP contribution in [0.1, 0.15) is 11.5 Å². The van der Waals surface area contributed by atoms with Crippen molar-refractivity contribution in [2.75, 3.05) is 13.3 Å². The van der Waals surface area contributed by atoms with Gasteiger partial charge in [-0.05, 0) is 36.9 Å². The molecule has 0 aliphatic carbocycles. The van der Waals surface area contributed by atoms with Gasteiger partial charge in [-0.25, -0.2) is 8.42 Å². The van der Waals surface area contributed by atoms with Gasteiger partial charge in [0.2, 0.25) is 11.7 Å². The Morgan fingerprint density at radius 2 is 1.84 bits per heavy atom. The van der Waals surface area contributed by atoms with Gasteiger partial charge in [0.25, 0.3) is 0 Å². The van der Waals surface area contributed by atoms with Gasteiger partial charge < -0.3 is 4.52 Å². The Balaban J connectivity index is 1.63. The van der Waals surface area contributed by atoms with Crippen LogP contribution in [0.4, 0.5) is 0 Å². The molecular formula is C17H18N4O3S. The molecule has 2 heterocycles. The summed E-state index contributed by atoms with van der Waals surface area (Å²) in [7, 11) is -1.25. The van der Waals surface area contributed by atoms with Crippen molar-refractivity contribution in [3.05, 3.63) is 60.1 Å². The zero-order valence-corrected chi connectivity index (χ0v) is 14.8. The van der Waals surface area contributed by atoms with Crippen LogP contribution in [0.25, 0.3) is 11.5 Å². The van der Waals surface area contributed by atoms with Crippen molar-refractivity contribution in [1.29, 1.82) is 0 Å². The molecule has 0 saturated carbocycles. The van der Waals surface area contributed by atoms with Crippen LogP contribution in [-0.2, 0) is 22.9 Å². The molecular weight excluding hydrogens is 340 g/mol. The van der Waals surface area contributed by atoms with Crippen molar-refractivity contribution < 1.29 is 12.9 Å². The van der Waals surface area contributed by atoms with E-state index < -0.39 is 9.84 Å². The van der Waals surface area contributed by atoms with Gasteiger partial charge in [0.1, 0.15) is 5.69 Å². The molecule has 0 spiro atoms. The van der Waals surface area contributed by atoms with Crippen molar-refractivity contribution in [1.82, 2.24) is 20.0 Å². The average Bonchev–Trinajstić information content (AvgIpc) is 3.03. The van der Waals surface area contributed by atoms with Crippen LogP contribution in [0.2, 0.25) is 0 Å². The monoisotopic (exact) mass is 358 g/mol. The predicted octanol–water partition coefficient (Wildman–Crippen LogP) is 2.17. The van der Waals surface area contributed by atoms with Gasteiger partial charge in [0.05, 0.1) is 11.4 Å². The van der Waals surface area contributed by atoms with Gasteiger partial charge in [-0.3, -0.25) is 9.88 Å². The number of sulfone groups is 1. The summed E-state index contributed by atoms with van der Waals surface area (Å²) in [6.07, 6.45) is 2.88. The van der Waals surface area contributed by atoms with Gasteiger partial charge in [-0.15, -0.1) is 0 Å². The van der Waals surface area contributed by atoms with Crippen LogP contribution in [0, 0.1) is 0 Å². The largest absolute Gasteiger partial charge is 0.337 e. The first-order valence-corrected chi connectivity index (χ1v) is 9.52. The molecule has 0 bridgehead atoms. The molecule has 0 aliphatic heterocycles. The van der Waals surface area contributed by atoms with Crippen LogP contribution in [0.5, 0.6) is 0 Å². The van der Waals surface area contributed by atoms with E-state index in [0.717, 1.165) is 5.56 Å². The smallest absolute Gasteiger partial charge is 0.241 e. The highest BCUT2D eigenvalue weighted by Gasteiger charge is 2.12. The maximum Gasteiger partial charge on any atom is 0.241 e. The average molecular weight is 358 g/mol. The third-order valence-electron chi connectivity index (χ3n) is 3.57. The van der Waals surface area contributed by atoms with Gasteiger partial charge in [-0.1, -0.05) is 23.4 Å². The first kappa shape index (κ1) is 17.2. The Morgan fingerprint density at radius 3 is 2.48 bits per heavy atom. The predicted molar refractivity (Wildman–Crippen MR) is 92.3 cm³/mol. The molecule has 0 saturated heterocycles. The number of rotatable bonds is 6. The lowest BCUT2D eigenvalue weighted by atomic mass is 10.2. The standard InChI is InChI=1S/C17H18N4O3S/c1-21(11-13-6-8-14(9-7-13)25(2,22)23)12-16-19-17(20-24-16)15-5-3-4-10-18-15/h3-10H,11-12H2,1-2H3. The minimum Gasteiger partial charge on any atom is -0.337 e. The third-order valence-corrected chi connectivity index (χ3v) is 4.70. The second-order valence-electron chi connectivity index (χ2n) is 5.82. The molecule has 0 fully saturated rings. The maximum absolute atomic E-state index is 11.5. The van der Waals surface area contributed by atoms with E-state index in [0.29, 0.717) is 35.4 Å². The fraction of sp³-hybridized carbons (Fsp3) is 0.235. The van der Waals surface area contributed by atoms with E-state index in [1.165, 1.54) is 6.26 Å².